The summed E-state index contributed by atoms with van der Waals surface area (Å²) < 4.78 is 6.45. The Balaban J connectivity index is 2.55. The maximum absolute atomic E-state index is 5.45. The summed E-state index contributed by atoms with van der Waals surface area (Å²) in [5, 5.41) is 0. The highest BCUT2D eigenvalue weighted by atomic mass is 79.9. The molecule has 0 aliphatic rings. The van der Waals surface area contributed by atoms with Gasteiger partial charge in [0.05, 0.1) is 16.1 Å². The topological polar surface area (TPSA) is 35.2 Å². The molecule has 0 atom stereocenters. The van der Waals surface area contributed by atoms with Gasteiger partial charge in [-0.2, -0.15) is 0 Å². The molecular weight excluding hydrogens is 286 g/mol. The van der Waals surface area contributed by atoms with Crippen molar-refractivity contribution in [2.24, 2.45) is 5.73 Å². The predicted molar refractivity (Wildman–Crippen MR) is 75.0 cm³/mol. The summed E-state index contributed by atoms with van der Waals surface area (Å²) in [6.07, 6.45) is 2.79. The van der Waals surface area contributed by atoms with E-state index in [1.807, 2.05) is 13.0 Å². The lowest BCUT2D eigenvalue weighted by atomic mass is 10.1. The SMILES string of the molecule is CCOc1ccc(CCCC(N)=S)cc1Br. The molecule has 0 saturated carbocycles. The summed E-state index contributed by atoms with van der Waals surface area (Å²) in [5.41, 5.74) is 6.72. The Morgan fingerprint density at radius 2 is 2.25 bits per heavy atom. The van der Waals surface area contributed by atoms with Crippen LogP contribution in [0.4, 0.5) is 0 Å². The van der Waals surface area contributed by atoms with Crippen LogP contribution < -0.4 is 10.5 Å². The third kappa shape index (κ3) is 4.49. The largest absolute Gasteiger partial charge is 0.493 e. The van der Waals surface area contributed by atoms with E-state index in [0.717, 1.165) is 29.5 Å². The van der Waals surface area contributed by atoms with E-state index >= 15 is 0 Å². The number of hydrogen-bond donors (Lipinski definition) is 1. The van der Waals surface area contributed by atoms with E-state index in [2.05, 4.69) is 28.1 Å². The molecule has 0 aliphatic carbocycles. The van der Waals surface area contributed by atoms with Crippen molar-refractivity contribution >= 4 is 33.1 Å². The predicted octanol–water partition coefficient (Wildman–Crippen LogP) is 3.46. The molecule has 0 unspecified atom stereocenters. The van der Waals surface area contributed by atoms with Gasteiger partial charge in [-0.1, -0.05) is 18.3 Å². The highest BCUT2D eigenvalue weighted by Crippen LogP contribution is 2.26. The molecule has 0 aromatic heterocycles. The normalized spacial score (nSPS) is 10.1. The molecule has 0 radical (unpaired) electrons. The first-order valence-corrected chi connectivity index (χ1v) is 6.53. The highest BCUT2D eigenvalue weighted by Gasteiger charge is 2.02. The second-order valence-electron chi connectivity index (χ2n) is 3.52. The van der Waals surface area contributed by atoms with E-state index in [0.29, 0.717) is 11.6 Å². The Hall–Kier alpha value is -0.610. The minimum absolute atomic E-state index is 0.588. The number of rotatable bonds is 6. The molecular formula is C12H16BrNOS. The van der Waals surface area contributed by atoms with Crippen molar-refractivity contribution in [3.05, 3.63) is 28.2 Å². The Bertz CT molecular complexity index is 368. The molecule has 2 nitrogen and oxygen atoms in total. The molecule has 0 fully saturated rings. The summed E-state index contributed by atoms with van der Waals surface area (Å²) >= 11 is 8.33. The smallest absolute Gasteiger partial charge is 0.133 e. The van der Waals surface area contributed by atoms with E-state index in [9.17, 15) is 0 Å². The molecule has 0 amide bonds. The van der Waals surface area contributed by atoms with Crippen molar-refractivity contribution < 1.29 is 4.74 Å². The third-order valence-corrected chi connectivity index (χ3v) is 3.01. The first-order chi connectivity index (χ1) is 7.63. The van der Waals surface area contributed by atoms with Gasteiger partial charge in [-0.05, 0) is 59.8 Å². The highest BCUT2D eigenvalue weighted by molar-refractivity contribution is 9.10. The maximum atomic E-state index is 5.45. The van der Waals surface area contributed by atoms with Gasteiger partial charge < -0.3 is 10.5 Å². The van der Waals surface area contributed by atoms with Crippen LogP contribution in [0.15, 0.2) is 22.7 Å². The molecule has 0 aliphatic heterocycles. The fourth-order valence-corrected chi connectivity index (χ4v) is 2.12. The average molecular weight is 302 g/mol. The molecule has 16 heavy (non-hydrogen) atoms. The molecule has 1 rings (SSSR count). The monoisotopic (exact) mass is 301 g/mol. The van der Waals surface area contributed by atoms with E-state index in [1.54, 1.807) is 0 Å². The van der Waals surface area contributed by atoms with Gasteiger partial charge in [-0.15, -0.1) is 0 Å². The summed E-state index contributed by atoms with van der Waals surface area (Å²) in [5.74, 6) is 0.889. The molecule has 1 aromatic rings. The number of aryl methyl sites for hydroxylation is 1. The molecule has 4 heteroatoms. The lowest BCUT2D eigenvalue weighted by molar-refractivity contribution is 0.338. The number of benzene rings is 1. The number of hydrogen-bond acceptors (Lipinski definition) is 2. The Kier molecular flexibility index (Phi) is 5.77. The van der Waals surface area contributed by atoms with Crippen molar-refractivity contribution in [2.75, 3.05) is 6.61 Å². The Labute approximate surface area is 110 Å². The Morgan fingerprint density at radius 3 is 2.81 bits per heavy atom. The van der Waals surface area contributed by atoms with Gasteiger partial charge in [0, 0.05) is 0 Å². The van der Waals surface area contributed by atoms with E-state index in [4.69, 9.17) is 22.7 Å². The molecule has 0 bridgehead atoms. The van der Waals surface area contributed by atoms with Gasteiger partial charge in [0.25, 0.3) is 0 Å². The Morgan fingerprint density at radius 1 is 1.50 bits per heavy atom. The van der Waals surface area contributed by atoms with Gasteiger partial charge >= 0.3 is 0 Å². The summed E-state index contributed by atoms with van der Waals surface area (Å²) in [6, 6.07) is 6.16. The van der Waals surface area contributed by atoms with Crippen molar-refractivity contribution in [3.63, 3.8) is 0 Å². The average Bonchev–Trinajstić information content (AvgIpc) is 2.21. The minimum Gasteiger partial charge on any atom is -0.493 e. The zero-order chi connectivity index (χ0) is 12.0. The third-order valence-electron chi connectivity index (χ3n) is 2.18. The van der Waals surface area contributed by atoms with E-state index in [-0.39, 0.29) is 0 Å². The molecule has 0 saturated heterocycles. The van der Waals surface area contributed by atoms with E-state index < -0.39 is 0 Å². The van der Waals surface area contributed by atoms with Crippen molar-refractivity contribution in [2.45, 2.75) is 26.2 Å². The van der Waals surface area contributed by atoms with E-state index in [1.165, 1.54) is 5.56 Å². The number of thiocarbonyl (C=S) groups is 1. The molecule has 1 aromatic carbocycles. The van der Waals surface area contributed by atoms with Crippen LogP contribution in [0, 0.1) is 0 Å². The molecule has 2 N–H and O–H groups in total. The second kappa shape index (κ2) is 6.86. The fraction of sp³-hybridized carbons (Fsp3) is 0.417. The molecule has 0 spiro atoms. The van der Waals surface area contributed by atoms with Crippen molar-refractivity contribution in [1.82, 2.24) is 0 Å². The van der Waals surface area contributed by atoms with Crippen LogP contribution in [0.5, 0.6) is 5.75 Å². The maximum Gasteiger partial charge on any atom is 0.133 e. The molecule has 88 valence electrons. The number of ether oxygens (including phenoxy) is 1. The van der Waals surface area contributed by atoms with Crippen LogP contribution in [0.3, 0.4) is 0 Å². The number of halogens is 1. The standard InChI is InChI=1S/C12H16BrNOS/c1-2-15-11-7-6-9(8-10(11)13)4-3-5-12(14)16/h6-8H,2-5H2,1H3,(H2,14,16). The van der Waals surface area contributed by atoms with Gasteiger partial charge in [0.2, 0.25) is 0 Å². The lowest BCUT2D eigenvalue weighted by Gasteiger charge is -2.07. The second-order valence-corrected chi connectivity index (χ2v) is 4.90. The first-order valence-electron chi connectivity index (χ1n) is 5.33. The quantitative estimate of drug-likeness (QED) is 0.817. The minimum atomic E-state index is 0.588. The summed E-state index contributed by atoms with van der Waals surface area (Å²) in [6.45, 7) is 2.65. The first kappa shape index (κ1) is 13.5. The van der Waals surface area contributed by atoms with Crippen LogP contribution in [-0.2, 0) is 6.42 Å². The van der Waals surface area contributed by atoms with Crippen LogP contribution in [0.2, 0.25) is 0 Å². The van der Waals surface area contributed by atoms with Gasteiger partial charge in [-0.3, -0.25) is 0 Å². The number of nitrogens with two attached hydrogens (primary N) is 1. The van der Waals surface area contributed by atoms with Crippen molar-refractivity contribution in [3.8, 4) is 5.75 Å². The van der Waals surface area contributed by atoms with Crippen LogP contribution in [0.1, 0.15) is 25.3 Å². The zero-order valence-electron chi connectivity index (χ0n) is 9.33. The van der Waals surface area contributed by atoms with Gasteiger partial charge in [0.1, 0.15) is 5.75 Å². The van der Waals surface area contributed by atoms with Crippen LogP contribution in [-0.4, -0.2) is 11.6 Å². The fourth-order valence-electron chi connectivity index (χ4n) is 1.44. The lowest BCUT2D eigenvalue weighted by Crippen LogP contribution is -2.07. The van der Waals surface area contributed by atoms with Gasteiger partial charge in [-0.25, -0.2) is 0 Å². The van der Waals surface area contributed by atoms with Gasteiger partial charge in [0.15, 0.2) is 0 Å². The zero-order valence-corrected chi connectivity index (χ0v) is 11.7. The summed E-state index contributed by atoms with van der Waals surface area (Å²) in [4.78, 5) is 0.588. The van der Waals surface area contributed by atoms with Crippen LogP contribution >= 0.6 is 28.1 Å². The van der Waals surface area contributed by atoms with Crippen molar-refractivity contribution in [1.29, 1.82) is 0 Å². The molecule has 0 heterocycles. The van der Waals surface area contributed by atoms with Crippen LogP contribution in [0.25, 0.3) is 0 Å². The summed E-state index contributed by atoms with van der Waals surface area (Å²) in [7, 11) is 0.